The zero-order chi connectivity index (χ0) is 13.8. The lowest BCUT2D eigenvalue weighted by molar-refractivity contribution is 0.354. The Bertz CT molecular complexity index is 436. The fraction of sp³-hybridized carbons (Fsp3) is 0.600. The van der Waals surface area contributed by atoms with Crippen molar-refractivity contribution in [1.82, 2.24) is 0 Å². The number of nitrogens with two attached hydrogens (primary N) is 1. The van der Waals surface area contributed by atoms with E-state index < -0.39 is 0 Å². The number of hydrogen-bond donors (Lipinski definition) is 1. The molecule has 0 spiro atoms. The van der Waals surface area contributed by atoms with E-state index in [9.17, 15) is 0 Å². The Balaban J connectivity index is 2.15. The topological polar surface area (TPSA) is 44.5 Å². The first-order valence-corrected chi connectivity index (χ1v) is 7.70. The maximum Gasteiger partial charge on any atom is 0.162 e. The molecule has 1 aromatic rings. The van der Waals surface area contributed by atoms with Crippen molar-refractivity contribution in [1.29, 1.82) is 0 Å². The molecule has 2 N–H and O–H groups in total. The molecule has 2 atom stereocenters. The van der Waals surface area contributed by atoms with Crippen molar-refractivity contribution in [3.8, 4) is 11.5 Å². The Morgan fingerprint density at radius 3 is 2.47 bits per heavy atom. The smallest absolute Gasteiger partial charge is 0.162 e. The van der Waals surface area contributed by atoms with Crippen molar-refractivity contribution >= 4 is 17.4 Å². The molecule has 1 aliphatic rings. The summed E-state index contributed by atoms with van der Waals surface area (Å²) in [6, 6.07) is 3.85. The van der Waals surface area contributed by atoms with Crippen molar-refractivity contribution in [2.45, 2.75) is 42.8 Å². The van der Waals surface area contributed by atoms with E-state index in [1.165, 1.54) is 25.7 Å². The van der Waals surface area contributed by atoms with Gasteiger partial charge in [0.25, 0.3) is 0 Å². The van der Waals surface area contributed by atoms with Crippen molar-refractivity contribution in [3.63, 3.8) is 0 Å². The lowest BCUT2D eigenvalue weighted by Crippen LogP contribution is -2.15. The van der Waals surface area contributed by atoms with E-state index in [0.717, 1.165) is 22.3 Å². The van der Waals surface area contributed by atoms with Crippen molar-refractivity contribution in [2.75, 3.05) is 20.0 Å². The highest BCUT2D eigenvalue weighted by Crippen LogP contribution is 2.42. The molecule has 0 bridgehead atoms. The van der Waals surface area contributed by atoms with Crippen LogP contribution < -0.4 is 15.2 Å². The van der Waals surface area contributed by atoms with Gasteiger partial charge in [-0.1, -0.05) is 19.8 Å². The Hall–Kier alpha value is -1.03. The number of nitrogen functional groups attached to an aromatic ring is 1. The van der Waals surface area contributed by atoms with Crippen LogP contribution in [0, 0.1) is 5.92 Å². The molecule has 106 valence electrons. The largest absolute Gasteiger partial charge is 0.493 e. The fourth-order valence-electron chi connectivity index (χ4n) is 2.64. The van der Waals surface area contributed by atoms with Gasteiger partial charge in [0.1, 0.15) is 0 Å². The number of anilines is 1. The minimum Gasteiger partial charge on any atom is -0.493 e. The molecule has 4 heteroatoms. The van der Waals surface area contributed by atoms with Gasteiger partial charge in [-0.3, -0.25) is 0 Å². The summed E-state index contributed by atoms with van der Waals surface area (Å²) in [5.74, 6) is 2.28. The van der Waals surface area contributed by atoms with Crippen LogP contribution in [0.3, 0.4) is 0 Å². The molecule has 1 aromatic carbocycles. The maximum absolute atomic E-state index is 6.12. The molecular formula is C15H23NO2S. The van der Waals surface area contributed by atoms with Crippen molar-refractivity contribution in [2.24, 2.45) is 5.92 Å². The molecule has 2 unspecified atom stereocenters. The van der Waals surface area contributed by atoms with E-state index in [4.69, 9.17) is 15.2 Å². The molecular weight excluding hydrogens is 258 g/mol. The zero-order valence-corrected chi connectivity index (χ0v) is 12.8. The highest BCUT2D eigenvalue weighted by Gasteiger charge is 2.21. The minimum absolute atomic E-state index is 0.671. The third kappa shape index (κ3) is 3.50. The molecule has 0 heterocycles. The van der Waals surface area contributed by atoms with Gasteiger partial charge in [-0.25, -0.2) is 0 Å². The zero-order valence-electron chi connectivity index (χ0n) is 11.9. The van der Waals surface area contributed by atoms with E-state index in [-0.39, 0.29) is 0 Å². The predicted octanol–water partition coefficient (Wildman–Crippen LogP) is 3.96. The van der Waals surface area contributed by atoms with Crippen LogP contribution in [-0.2, 0) is 0 Å². The maximum atomic E-state index is 6.12. The number of methoxy groups -OCH3 is 2. The third-order valence-electron chi connectivity index (χ3n) is 3.70. The SMILES string of the molecule is COc1cc(N)c(SC2CCCC(C)C2)cc1OC. The van der Waals surface area contributed by atoms with E-state index in [2.05, 4.69) is 6.92 Å². The highest BCUT2D eigenvalue weighted by atomic mass is 32.2. The van der Waals surface area contributed by atoms with Crippen LogP contribution >= 0.6 is 11.8 Å². The summed E-state index contributed by atoms with van der Waals surface area (Å²) >= 11 is 1.88. The summed E-state index contributed by atoms with van der Waals surface area (Å²) in [6.07, 6.45) is 5.24. The number of benzene rings is 1. The molecule has 0 radical (unpaired) electrons. The summed E-state index contributed by atoms with van der Waals surface area (Å²) < 4.78 is 10.6. The standard InChI is InChI=1S/C15H23NO2S/c1-10-5-4-6-11(7-10)19-15-9-14(18-3)13(17-2)8-12(15)16/h8-11H,4-7,16H2,1-3H3. The van der Waals surface area contributed by atoms with Gasteiger partial charge < -0.3 is 15.2 Å². The van der Waals surface area contributed by atoms with Crippen LogP contribution in [0.5, 0.6) is 11.5 Å². The van der Waals surface area contributed by atoms with Gasteiger partial charge in [-0.15, -0.1) is 11.8 Å². The second-order valence-electron chi connectivity index (χ2n) is 5.26. The molecule has 2 rings (SSSR count). The third-order valence-corrected chi connectivity index (χ3v) is 5.07. The average Bonchev–Trinajstić information content (AvgIpc) is 2.40. The van der Waals surface area contributed by atoms with E-state index >= 15 is 0 Å². The number of hydrogen-bond acceptors (Lipinski definition) is 4. The predicted molar refractivity (Wildman–Crippen MR) is 81.2 cm³/mol. The Labute approximate surface area is 119 Å². The number of ether oxygens (including phenoxy) is 2. The molecule has 3 nitrogen and oxygen atoms in total. The Morgan fingerprint density at radius 1 is 1.16 bits per heavy atom. The van der Waals surface area contributed by atoms with Crippen LogP contribution in [-0.4, -0.2) is 19.5 Å². The van der Waals surface area contributed by atoms with Crippen LogP contribution in [0.25, 0.3) is 0 Å². The monoisotopic (exact) mass is 281 g/mol. The lowest BCUT2D eigenvalue weighted by atomic mass is 9.91. The quantitative estimate of drug-likeness (QED) is 0.849. The lowest BCUT2D eigenvalue weighted by Gasteiger charge is -2.26. The number of thioether (sulfide) groups is 1. The van der Waals surface area contributed by atoms with Gasteiger partial charge in [0.15, 0.2) is 11.5 Å². The molecule has 19 heavy (non-hydrogen) atoms. The highest BCUT2D eigenvalue weighted by molar-refractivity contribution is 8.00. The van der Waals surface area contributed by atoms with Gasteiger partial charge in [0, 0.05) is 21.9 Å². The van der Waals surface area contributed by atoms with E-state index in [1.54, 1.807) is 14.2 Å². The molecule has 0 saturated heterocycles. The molecule has 0 amide bonds. The van der Waals surface area contributed by atoms with Crippen LogP contribution in [0.1, 0.15) is 32.6 Å². The molecule has 1 aliphatic carbocycles. The van der Waals surface area contributed by atoms with E-state index in [0.29, 0.717) is 11.0 Å². The molecule has 0 aromatic heterocycles. The van der Waals surface area contributed by atoms with Crippen LogP contribution in [0.15, 0.2) is 17.0 Å². The average molecular weight is 281 g/mol. The van der Waals surface area contributed by atoms with Crippen LogP contribution in [0.4, 0.5) is 5.69 Å². The van der Waals surface area contributed by atoms with Gasteiger partial charge in [0.2, 0.25) is 0 Å². The van der Waals surface area contributed by atoms with Crippen molar-refractivity contribution in [3.05, 3.63) is 12.1 Å². The van der Waals surface area contributed by atoms with Crippen LogP contribution in [0.2, 0.25) is 0 Å². The fourth-order valence-corrected chi connectivity index (χ4v) is 4.08. The molecule has 1 saturated carbocycles. The summed E-state index contributed by atoms with van der Waals surface area (Å²) in [6.45, 7) is 2.34. The second kappa shape index (κ2) is 6.42. The second-order valence-corrected chi connectivity index (χ2v) is 6.60. The first-order chi connectivity index (χ1) is 9.13. The summed E-state index contributed by atoms with van der Waals surface area (Å²) in [5, 5.41) is 0.671. The summed E-state index contributed by atoms with van der Waals surface area (Å²) in [5.41, 5.74) is 6.89. The van der Waals surface area contributed by atoms with Gasteiger partial charge >= 0.3 is 0 Å². The van der Waals surface area contributed by atoms with Gasteiger partial charge in [0.05, 0.1) is 14.2 Å². The normalized spacial score (nSPS) is 23.1. The van der Waals surface area contributed by atoms with E-state index in [1.807, 2.05) is 23.9 Å². The number of rotatable bonds is 4. The van der Waals surface area contributed by atoms with Crippen molar-refractivity contribution < 1.29 is 9.47 Å². The first kappa shape index (κ1) is 14.4. The Morgan fingerprint density at radius 2 is 1.84 bits per heavy atom. The molecule has 0 aliphatic heterocycles. The Kier molecular flexibility index (Phi) is 4.86. The summed E-state index contributed by atoms with van der Waals surface area (Å²) in [4.78, 5) is 1.11. The van der Waals surface area contributed by atoms with Gasteiger partial charge in [-0.05, 0) is 24.8 Å². The summed E-state index contributed by atoms with van der Waals surface area (Å²) in [7, 11) is 3.29. The minimum atomic E-state index is 0.671. The molecule has 1 fully saturated rings. The first-order valence-electron chi connectivity index (χ1n) is 6.82. The van der Waals surface area contributed by atoms with Gasteiger partial charge in [-0.2, -0.15) is 0 Å².